The lowest BCUT2D eigenvalue weighted by atomic mass is 9.81. The van der Waals surface area contributed by atoms with Crippen molar-refractivity contribution in [3.63, 3.8) is 0 Å². The molecule has 0 bridgehead atoms. The average Bonchev–Trinajstić information content (AvgIpc) is 3.18. The van der Waals surface area contributed by atoms with Crippen molar-refractivity contribution < 1.29 is 23.9 Å². The fourth-order valence-electron chi connectivity index (χ4n) is 5.11. The molecule has 2 fully saturated rings. The van der Waals surface area contributed by atoms with Crippen LogP contribution in [0.25, 0.3) is 0 Å². The predicted octanol–water partition coefficient (Wildman–Crippen LogP) is -1.62. The van der Waals surface area contributed by atoms with Gasteiger partial charge in [0.15, 0.2) is 0 Å². The molecule has 0 spiro atoms. The molecule has 2 saturated heterocycles. The van der Waals surface area contributed by atoms with E-state index in [1.165, 1.54) is 16.5 Å². The molecule has 35 heavy (non-hydrogen) atoms. The van der Waals surface area contributed by atoms with Crippen LogP contribution in [0.2, 0.25) is 0 Å². The molecule has 2 aromatic carbocycles. The number of benzene rings is 2. The lowest BCUT2D eigenvalue weighted by molar-refractivity contribution is -0.136. The van der Waals surface area contributed by atoms with Crippen LogP contribution in [0.5, 0.6) is 5.75 Å². The quantitative estimate of drug-likeness (QED) is 0.401. The maximum atomic E-state index is 13.0. The van der Waals surface area contributed by atoms with E-state index in [0.717, 1.165) is 44.0 Å². The molecular weight excluding hydrogens is 444 g/mol. The minimum Gasteiger partial charge on any atom is -0.489 e. The average molecular weight is 473 g/mol. The van der Waals surface area contributed by atoms with E-state index in [1.54, 1.807) is 11.0 Å². The van der Waals surface area contributed by atoms with Crippen LogP contribution in [-0.4, -0.2) is 75.6 Å². The third kappa shape index (κ3) is 4.86. The van der Waals surface area contributed by atoms with E-state index in [9.17, 15) is 14.4 Å². The van der Waals surface area contributed by atoms with Gasteiger partial charge in [-0.05, 0) is 29.7 Å². The summed E-state index contributed by atoms with van der Waals surface area (Å²) in [6.45, 7) is 5.10. The highest BCUT2D eigenvalue weighted by molar-refractivity contribution is 6.37. The Labute approximate surface area is 206 Å². The molecular formula is C25H29B2N3O5. The first-order valence-corrected chi connectivity index (χ1v) is 12.2. The van der Waals surface area contributed by atoms with Crippen molar-refractivity contribution in [2.45, 2.75) is 38.6 Å². The zero-order chi connectivity index (χ0) is 24.5. The smallest absolute Gasteiger partial charge is 0.255 e. The minimum absolute atomic E-state index is 0.195. The third-order valence-electron chi connectivity index (χ3n) is 7.21. The van der Waals surface area contributed by atoms with Crippen LogP contribution in [0.3, 0.4) is 0 Å². The summed E-state index contributed by atoms with van der Waals surface area (Å²) in [5.74, 6) is -0.242. The van der Waals surface area contributed by atoms with Crippen LogP contribution in [-0.2, 0) is 34.0 Å². The SMILES string of the molecule is Bc1cc(CN2CCOCC2)c(B)cc1COc1cccc2c1CN(C1CCC(=O)NC1=O)C2=O. The van der Waals surface area contributed by atoms with Gasteiger partial charge in [-0.15, -0.1) is 0 Å². The minimum atomic E-state index is -0.635. The Balaban J connectivity index is 1.29. The Hall–Kier alpha value is -3.10. The molecule has 10 heteroatoms. The first kappa shape index (κ1) is 23.6. The topological polar surface area (TPSA) is 88.2 Å². The summed E-state index contributed by atoms with van der Waals surface area (Å²) in [6, 6.07) is 9.25. The van der Waals surface area contributed by atoms with Gasteiger partial charge in [0.1, 0.15) is 34.1 Å². The number of piperidine rings is 1. The first-order chi connectivity index (χ1) is 16.9. The maximum absolute atomic E-state index is 13.0. The summed E-state index contributed by atoms with van der Waals surface area (Å²) in [4.78, 5) is 40.9. The van der Waals surface area contributed by atoms with E-state index < -0.39 is 11.9 Å². The summed E-state index contributed by atoms with van der Waals surface area (Å²) in [6.07, 6.45) is 0.579. The molecule has 5 rings (SSSR count). The summed E-state index contributed by atoms with van der Waals surface area (Å²) < 4.78 is 11.7. The van der Waals surface area contributed by atoms with Crippen LogP contribution in [0, 0.1) is 0 Å². The summed E-state index contributed by atoms with van der Waals surface area (Å²) in [5.41, 5.74) is 6.18. The highest BCUT2D eigenvalue weighted by Crippen LogP contribution is 2.33. The normalized spacial score (nSPS) is 20.6. The molecule has 0 aliphatic carbocycles. The van der Waals surface area contributed by atoms with Crippen LogP contribution in [0.15, 0.2) is 30.3 Å². The van der Waals surface area contributed by atoms with Crippen molar-refractivity contribution in [1.82, 2.24) is 15.1 Å². The molecule has 3 aliphatic rings. The Bertz CT molecular complexity index is 1180. The lowest BCUT2D eigenvalue weighted by Gasteiger charge is -2.29. The highest BCUT2D eigenvalue weighted by Gasteiger charge is 2.40. The monoisotopic (exact) mass is 473 g/mol. The number of amides is 3. The number of nitrogens with zero attached hydrogens (tertiary/aromatic N) is 2. The van der Waals surface area contributed by atoms with Gasteiger partial charge < -0.3 is 14.4 Å². The number of nitrogens with one attached hydrogen (secondary N) is 1. The number of fused-ring (bicyclic) bond motifs is 1. The molecule has 3 aliphatic heterocycles. The summed E-state index contributed by atoms with van der Waals surface area (Å²) in [5, 5.41) is 2.34. The Morgan fingerprint density at radius 2 is 1.80 bits per heavy atom. The molecule has 3 amide bonds. The van der Waals surface area contributed by atoms with Gasteiger partial charge in [-0.1, -0.05) is 29.1 Å². The molecule has 3 heterocycles. The summed E-state index contributed by atoms with van der Waals surface area (Å²) >= 11 is 0. The van der Waals surface area contributed by atoms with Crippen molar-refractivity contribution in [2.24, 2.45) is 0 Å². The molecule has 2 aromatic rings. The third-order valence-corrected chi connectivity index (χ3v) is 7.21. The van der Waals surface area contributed by atoms with Gasteiger partial charge in [0.05, 0.1) is 19.8 Å². The maximum Gasteiger partial charge on any atom is 0.255 e. The number of hydrogen-bond acceptors (Lipinski definition) is 6. The zero-order valence-corrected chi connectivity index (χ0v) is 20.3. The standard InChI is InChI=1S/C25H29B2N3O5/c26-19-11-16(20(27)10-15(19)12-29-6-8-34-9-7-29)14-35-22-3-1-2-17-18(22)13-30(25(17)33)21-4-5-23(31)28-24(21)32/h1-3,10-11,21H,4-9,12-14,26-27H2,(H,28,31,32). The van der Waals surface area contributed by atoms with Gasteiger partial charge in [0.2, 0.25) is 11.8 Å². The number of carbonyl (C=O) groups is 3. The molecule has 8 nitrogen and oxygen atoms in total. The molecule has 1 unspecified atom stereocenters. The number of rotatable bonds is 6. The molecule has 180 valence electrons. The zero-order valence-electron chi connectivity index (χ0n) is 20.3. The molecule has 1 N–H and O–H groups in total. The molecule has 1 atom stereocenters. The van der Waals surface area contributed by atoms with Crippen LogP contribution in [0.4, 0.5) is 0 Å². The summed E-state index contributed by atoms with van der Waals surface area (Å²) in [7, 11) is 4.24. The largest absolute Gasteiger partial charge is 0.489 e. The van der Waals surface area contributed by atoms with E-state index in [1.807, 2.05) is 12.1 Å². The second-order valence-electron chi connectivity index (χ2n) is 9.56. The number of morpholine rings is 1. The van der Waals surface area contributed by atoms with Crippen molar-refractivity contribution in [2.75, 3.05) is 26.3 Å². The van der Waals surface area contributed by atoms with Crippen LogP contribution in [0.1, 0.15) is 39.9 Å². The second kappa shape index (κ2) is 9.87. The first-order valence-electron chi connectivity index (χ1n) is 12.2. The Morgan fingerprint density at radius 3 is 2.57 bits per heavy atom. The molecule has 0 radical (unpaired) electrons. The van der Waals surface area contributed by atoms with Crippen molar-refractivity contribution >= 4 is 44.3 Å². The number of ether oxygens (including phenoxy) is 2. The van der Waals surface area contributed by atoms with Crippen LogP contribution >= 0.6 is 0 Å². The predicted molar refractivity (Wildman–Crippen MR) is 136 cm³/mol. The van der Waals surface area contributed by atoms with Crippen molar-refractivity contribution in [3.8, 4) is 5.75 Å². The van der Waals surface area contributed by atoms with E-state index in [2.05, 4.69) is 38.0 Å². The van der Waals surface area contributed by atoms with E-state index in [0.29, 0.717) is 30.9 Å². The number of hydrogen-bond donors (Lipinski definition) is 1. The second-order valence-corrected chi connectivity index (χ2v) is 9.56. The number of carbonyl (C=O) groups excluding carboxylic acids is 3. The van der Waals surface area contributed by atoms with Gasteiger partial charge in [-0.3, -0.25) is 24.6 Å². The van der Waals surface area contributed by atoms with Gasteiger partial charge >= 0.3 is 0 Å². The van der Waals surface area contributed by atoms with Crippen LogP contribution < -0.4 is 21.0 Å². The van der Waals surface area contributed by atoms with Gasteiger partial charge in [0.25, 0.3) is 5.91 Å². The fourth-order valence-corrected chi connectivity index (χ4v) is 5.11. The van der Waals surface area contributed by atoms with Gasteiger partial charge in [-0.2, -0.15) is 0 Å². The Kier molecular flexibility index (Phi) is 6.67. The van der Waals surface area contributed by atoms with E-state index >= 15 is 0 Å². The number of imide groups is 1. The van der Waals surface area contributed by atoms with E-state index in [4.69, 9.17) is 9.47 Å². The van der Waals surface area contributed by atoms with Crippen molar-refractivity contribution in [1.29, 1.82) is 0 Å². The van der Waals surface area contributed by atoms with Gasteiger partial charge in [0, 0.05) is 37.2 Å². The van der Waals surface area contributed by atoms with Crippen molar-refractivity contribution in [3.05, 3.63) is 52.6 Å². The Morgan fingerprint density at radius 1 is 1.06 bits per heavy atom. The molecule has 0 saturated carbocycles. The lowest BCUT2D eigenvalue weighted by Crippen LogP contribution is -2.52. The fraction of sp³-hybridized carbons (Fsp3) is 0.400. The molecule has 0 aromatic heterocycles. The highest BCUT2D eigenvalue weighted by atomic mass is 16.5. The van der Waals surface area contributed by atoms with Gasteiger partial charge in [-0.25, -0.2) is 0 Å². The van der Waals surface area contributed by atoms with E-state index in [-0.39, 0.29) is 18.2 Å².